The van der Waals surface area contributed by atoms with Gasteiger partial charge >= 0.3 is 0 Å². The van der Waals surface area contributed by atoms with Gasteiger partial charge in [-0.05, 0) is 22.6 Å². The van der Waals surface area contributed by atoms with Crippen molar-refractivity contribution < 1.29 is 9.47 Å². The lowest BCUT2D eigenvalue weighted by atomic mass is 10.5. The van der Waals surface area contributed by atoms with E-state index < -0.39 is 0 Å². The lowest BCUT2D eigenvalue weighted by Gasteiger charge is -2.05. The summed E-state index contributed by atoms with van der Waals surface area (Å²) in [4.78, 5) is 7.86. The van der Waals surface area contributed by atoms with E-state index in [-0.39, 0.29) is 0 Å². The Morgan fingerprint density at radius 2 is 2.31 bits per heavy atom. The molecule has 0 aliphatic carbocycles. The van der Waals surface area contributed by atoms with Crippen LogP contribution in [0.1, 0.15) is 6.42 Å². The van der Waals surface area contributed by atoms with Crippen molar-refractivity contribution >= 4 is 22.6 Å². The first kappa shape index (κ1) is 10.6. The van der Waals surface area contributed by atoms with Crippen molar-refractivity contribution in [3.05, 3.63) is 16.1 Å². The fraction of sp³-hybridized carbons (Fsp3) is 0.500. The van der Waals surface area contributed by atoms with E-state index >= 15 is 0 Å². The van der Waals surface area contributed by atoms with Crippen LogP contribution in [-0.4, -0.2) is 30.3 Å². The Morgan fingerprint density at radius 1 is 1.46 bits per heavy atom. The molecule has 1 aromatic rings. The number of aromatic nitrogens is 2. The molecule has 0 saturated heterocycles. The average Bonchev–Trinajstić information content (AvgIpc) is 2.15. The van der Waals surface area contributed by atoms with Gasteiger partial charge in [0, 0.05) is 26.3 Å². The lowest BCUT2D eigenvalue weighted by molar-refractivity contribution is 0.170. The van der Waals surface area contributed by atoms with Crippen molar-refractivity contribution in [1.82, 2.24) is 9.97 Å². The standard InChI is InChI=1S/C8H11IN2O2/c1-12-3-2-4-13-8-7(9)5-10-6-11-8/h5-6H,2-4H2,1H3. The van der Waals surface area contributed by atoms with Gasteiger partial charge in [-0.15, -0.1) is 0 Å². The largest absolute Gasteiger partial charge is 0.477 e. The number of rotatable bonds is 5. The van der Waals surface area contributed by atoms with Crippen LogP contribution in [-0.2, 0) is 4.74 Å². The summed E-state index contributed by atoms with van der Waals surface area (Å²) in [5.41, 5.74) is 0. The molecular weight excluding hydrogens is 283 g/mol. The van der Waals surface area contributed by atoms with Crippen LogP contribution in [0.15, 0.2) is 12.5 Å². The van der Waals surface area contributed by atoms with Gasteiger partial charge < -0.3 is 9.47 Å². The highest BCUT2D eigenvalue weighted by Gasteiger charge is 2.00. The van der Waals surface area contributed by atoms with Gasteiger partial charge in [0.15, 0.2) is 0 Å². The average molecular weight is 294 g/mol. The maximum atomic E-state index is 5.40. The highest BCUT2D eigenvalue weighted by Crippen LogP contribution is 2.14. The minimum Gasteiger partial charge on any atom is -0.477 e. The molecule has 0 unspecified atom stereocenters. The second-order valence-corrected chi connectivity index (χ2v) is 3.53. The van der Waals surface area contributed by atoms with Crippen molar-refractivity contribution in [1.29, 1.82) is 0 Å². The summed E-state index contributed by atoms with van der Waals surface area (Å²) in [5, 5.41) is 0. The normalized spacial score (nSPS) is 10.0. The molecule has 0 saturated carbocycles. The summed E-state index contributed by atoms with van der Waals surface area (Å²) in [6.45, 7) is 1.34. The van der Waals surface area contributed by atoms with Gasteiger partial charge in [-0.25, -0.2) is 9.97 Å². The van der Waals surface area contributed by atoms with Crippen LogP contribution in [0.5, 0.6) is 5.88 Å². The van der Waals surface area contributed by atoms with Crippen LogP contribution in [0, 0.1) is 3.57 Å². The van der Waals surface area contributed by atoms with Crippen LogP contribution in [0.4, 0.5) is 0 Å². The van der Waals surface area contributed by atoms with E-state index in [0.717, 1.165) is 9.99 Å². The second kappa shape index (κ2) is 6.09. The minimum atomic E-state index is 0.626. The molecule has 4 nitrogen and oxygen atoms in total. The zero-order valence-electron chi connectivity index (χ0n) is 7.36. The van der Waals surface area contributed by atoms with E-state index in [2.05, 4.69) is 32.6 Å². The number of methoxy groups -OCH3 is 1. The topological polar surface area (TPSA) is 44.2 Å². The molecule has 72 valence electrons. The molecule has 13 heavy (non-hydrogen) atoms. The molecule has 0 aromatic carbocycles. The van der Waals surface area contributed by atoms with Crippen LogP contribution in [0.2, 0.25) is 0 Å². The van der Waals surface area contributed by atoms with Gasteiger partial charge in [-0.1, -0.05) is 0 Å². The molecule has 0 radical (unpaired) electrons. The Labute approximate surface area is 90.8 Å². The van der Waals surface area contributed by atoms with Crippen molar-refractivity contribution in [2.45, 2.75) is 6.42 Å². The zero-order valence-corrected chi connectivity index (χ0v) is 9.52. The SMILES string of the molecule is COCCCOc1ncncc1I. The highest BCUT2D eigenvalue weighted by molar-refractivity contribution is 14.1. The molecule has 1 aromatic heterocycles. The molecule has 0 N–H and O–H groups in total. The number of hydrogen-bond acceptors (Lipinski definition) is 4. The summed E-state index contributed by atoms with van der Waals surface area (Å²) >= 11 is 2.14. The van der Waals surface area contributed by atoms with Crippen LogP contribution >= 0.6 is 22.6 Å². The van der Waals surface area contributed by atoms with Crippen molar-refractivity contribution in [3.63, 3.8) is 0 Å². The Balaban J connectivity index is 2.32. The third-order valence-corrected chi connectivity index (χ3v) is 2.11. The molecule has 0 amide bonds. The summed E-state index contributed by atoms with van der Waals surface area (Å²) in [6.07, 6.45) is 4.07. The molecule has 0 atom stereocenters. The molecule has 0 aliphatic heterocycles. The monoisotopic (exact) mass is 294 g/mol. The van der Waals surface area contributed by atoms with Gasteiger partial charge in [-0.3, -0.25) is 0 Å². The van der Waals surface area contributed by atoms with E-state index in [0.29, 0.717) is 19.1 Å². The fourth-order valence-corrected chi connectivity index (χ4v) is 1.24. The molecule has 1 rings (SSSR count). The summed E-state index contributed by atoms with van der Waals surface area (Å²) in [7, 11) is 1.68. The molecular formula is C8H11IN2O2. The van der Waals surface area contributed by atoms with Crippen LogP contribution in [0.3, 0.4) is 0 Å². The quantitative estimate of drug-likeness (QED) is 0.610. The van der Waals surface area contributed by atoms with E-state index in [9.17, 15) is 0 Å². The lowest BCUT2D eigenvalue weighted by Crippen LogP contribution is -2.03. The Morgan fingerprint density at radius 3 is 3.00 bits per heavy atom. The fourth-order valence-electron chi connectivity index (χ4n) is 0.780. The molecule has 5 heteroatoms. The molecule has 0 bridgehead atoms. The van der Waals surface area contributed by atoms with Crippen molar-refractivity contribution in [3.8, 4) is 5.88 Å². The maximum absolute atomic E-state index is 5.40. The first-order valence-electron chi connectivity index (χ1n) is 3.92. The van der Waals surface area contributed by atoms with Crippen molar-refractivity contribution in [2.24, 2.45) is 0 Å². The Kier molecular flexibility index (Phi) is 4.99. The van der Waals surface area contributed by atoms with E-state index in [1.54, 1.807) is 13.3 Å². The number of ether oxygens (including phenoxy) is 2. The summed E-state index contributed by atoms with van der Waals surface area (Å²) in [6, 6.07) is 0. The number of halogens is 1. The second-order valence-electron chi connectivity index (χ2n) is 2.37. The smallest absolute Gasteiger partial charge is 0.230 e. The molecule has 0 spiro atoms. The predicted octanol–water partition coefficient (Wildman–Crippen LogP) is 1.50. The minimum absolute atomic E-state index is 0.626. The van der Waals surface area contributed by atoms with E-state index in [4.69, 9.17) is 9.47 Å². The molecule has 0 fully saturated rings. The first-order valence-corrected chi connectivity index (χ1v) is 4.99. The van der Waals surface area contributed by atoms with Gasteiger partial charge in [-0.2, -0.15) is 0 Å². The highest BCUT2D eigenvalue weighted by atomic mass is 127. The van der Waals surface area contributed by atoms with Crippen LogP contribution < -0.4 is 4.74 Å². The molecule has 0 aliphatic rings. The van der Waals surface area contributed by atoms with Crippen LogP contribution in [0.25, 0.3) is 0 Å². The van der Waals surface area contributed by atoms with Gasteiger partial charge in [0.05, 0.1) is 10.2 Å². The van der Waals surface area contributed by atoms with Crippen molar-refractivity contribution in [2.75, 3.05) is 20.3 Å². The summed E-state index contributed by atoms with van der Waals surface area (Å²) < 4.78 is 11.2. The van der Waals surface area contributed by atoms with Gasteiger partial charge in [0.1, 0.15) is 6.33 Å². The predicted molar refractivity (Wildman–Crippen MR) is 56.7 cm³/mol. The Bertz CT molecular complexity index is 258. The third-order valence-electron chi connectivity index (χ3n) is 1.37. The number of nitrogens with zero attached hydrogens (tertiary/aromatic N) is 2. The number of hydrogen-bond donors (Lipinski definition) is 0. The van der Waals surface area contributed by atoms with Gasteiger partial charge in [0.25, 0.3) is 0 Å². The third kappa shape index (κ3) is 3.86. The zero-order chi connectivity index (χ0) is 9.52. The Hall–Kier alpha value is -0.430. The molecule has 1 heterocycles. The van der Waals surface area contributed by atoms with E-state index in [1.165, 1.54) is 6.33 Å². The van der Waals surface area contributed by atoms with Gasteiger partial charge in [0.2, 0.25) is 5.88 Å². The summed E-state index contributed by atoms with van der Waals surface area (Å²) in [5.74, 6) is 0.645. The first-order chi connectivity index (χ1) is 6.34. The van der Waals surface area contributed by atoms with E-state index in [1.807, 2.05) is 0 Å². The maximum Gasteiger partial charge on any atom is 0.230 e.